The summed E-state index contributed by atoms with van der Waals surface area (Å²) in [4.78, 5) is 4.70. The minimum Gasteiger partial charge on any atom is -0.378 e. The highest BCUT2D eigenvalue weighted by atomic mass is 16.5. The molecule has 3 saturated carbocycles. The van der Waals surface area contributed by atoms with Crippen molar-refractivity contribution in [3.8, 4) is 0 Å². The Morgan fingerprint density at radius 2 is 1.63 bits per heavy atom. The van der Waals surface area contributed by atoms with E-state index in [1.54, 1.807) is 0 Å². The molecule has 19 heavy (non-hydrogen) atoms. The number of fused-ring (bicyclic) bond motifs is 3. The van der Waals surface area contributed by atoms with Gasteiger partial charge in [0.25, 0.3) is 0 Å². The van der Waals surface area contributed by atoms with Gasteiger partial charge in [0.05, 0.1) is 5.60 Å². The van der Waals surface area contributed by atoms with Crippen LogP contribution < -0.4 is 0 Å². The van der Waals surface area contributed by atoms with Crippen LogP contribution in [0.5, 0.6) is 0 Å². The van der Waals surface area contributed by atoms with Crippen molar-refractivity contribution in [1.29, 1.82) is 0 Å². The minimum absolute atomic E-state index is 0.0436. The van der Waals surface area contributed by atoms with Gasteiger partial charge in [0.1, 0.15) is 0 Å². The molecule has 0 aliphatic heterocycles. The van der Waals surface area contributed by atoms with Crippen LogP contribution in [0, 0.1) is 0 Å². The van der Waals surface area contributed by atoms with E-state index < -0.39 is 0 Å². The van der Waals surface area contributed by atoms with Gasteiger partial charge in [-0.1, -0.05) is 25.9 Å². The molecule has 0 unspecified atom stereocenters. The van der Waals surface area contributed by atoms with Crippen LogP contribution in [0.2, 0.25) is 0 Å². The Labute approximate surface area is 114 Å². The van der Waals surface area contributed by atoms with Crippen molar-refractivity contribution in [1.82, 2.24) is 10.1 Å². The molecule has 3 fully saturated rings. The summed E-state index contributed by atoms with van der Waals surface area (Å²) in [6.45, 7) is 6.37. The SMILES string of the molecule is COC12CCC(c3nc(C(C)(C)C)no3)(CC1)CC2. The number of aromatic nitrogens is 2. The van der Waals surface area contributed by atoms with Crippen molar-refractivity contribution in [3.63, 3.8) is 0 Å². The lowest BCUT2D eigenvalue weighted by molar-refractivity contribution is -0.100. The van der Waals surface area contributed by atoms with Crippen LogP contribution in [0.15, 0.2) is 4.52 Å². The summed E-state index contributed by atoms with van der Waals surface area (Å²) < 4.78 is 11.4. The zero-order valence-electron chi connectivity index (χ0n) is 12.5. The highest BCUT2D eigenvalue weighted by Gasteiger charge is 2.52. The van der Waals surface area contributed by atoms with Crippen molar-refractivity contribution in [2.45, 2.75) is 75.7 Å². The quantitative estimate of drug-likeness (QED) is 0.821. The fourth-order valence-electron chi connectivity index (χ4n) is 3.52. The summed E-state index contributed by atoms with van der Waals surface area (Å²) >= 11 is 0. The molecule has 1 aromatic heterocycles. The Hall–Kier alpha value is -0.900. The topological polar surface area (TPSA) is 48.2 Å². The monoisotopic (exact) mass is 264 g/mol. The molecule has 1 aromatic rings. The van der Waals surface area contributed by atoms with E-state index in [2.05, 4.69) is 25.9 Å². The number of methoxy groups -OCH3 is 1. The normalized spacial score (nSPS) is 34.7. The molecule has 0 N–H and O–H groups in total. The average molecular weight is 264 g/mol. The molecule has 106 valence electrons. The van der Waals surface area contributed by atoms with Crippen LogP contribution in [-0.2, 0) is 15.6 Å². The van der Waals surface area contributed by atoms with Crippen LogP contribution >= 0.6 is 0 Å². The third-order valence-corrected chi connectivity index (χ3v) is 5.16. The molecule has 4 rings (SSSR count). The van der Waals surface area contributed by atoms with E-state index in [9.17, 15) is 0 Å². The molecule has 0 atom stereocenters. The van der Waals surface area contributed by atoms with E-state index in [0.29, 0.717) is 0 Å². The smallest absolute Gasteiger partial charge is 0.232 e. The fraction of sp³-hybridized carbons (Fsp3) is 0.867. The average Bonchev–Trinajstić information content (AvgIpc) is 2.91. The number of nitrogens with zero attached hydrogens (tertiary/aromatic N) is 2. The second-order valence-electron chi connectivity index (χ2n) is 7.34. The predicted octanol–water partition coefficient (Wildman–Crippen LogP) is 3.36. The Balaban J connectivity index is 1.86. The van der Waals surface area contributed by atoms with E-state index in [1.807, 2.05) is 7.11 Å². The summed E-state index contributed by atoms with van der Waals surface area (Å²) in [6, 6.07) is 0. The molecular formula is C15H24N2O2. The number of rotatable bonds is 2. The van der Waals surface area contributed by atoms with Gasteiger partial charge in [-0.25, -0.2) is 0 Å². The predicted molar refractivity (Wildman–Crippen MR) is 72.1 cm³/mol. The Kier molecular flexibility index (Phi) is 2.79. The Morgan fingerprint density at radius 1 is 1.05 bits per heavy atom. The molecule has 0 spiro atoms. The maximum Gasteiger partial charge on any atom is 0.232 e. The molecule has 2 bridgehead atoms. The van der Waals surface area contributed by atoms with Crippen LogP contribution in [0.1, 0.15) is 71.0 Å². The first-order valence-corrected chi connectivity index (χ1v) is 7.29. The van der Waals surface area contributed by atoms with Gasteiger partial charge >= 0.3 is 0 Å². The van der Waals surface area contributed by atoms with Crippen LogP contribution in [0.3, 0.4) is 0 Å². The van der Waals surface area contributed by atoms with Gasteiger partial charge in [-0.05, 0) is 38.5 Å². The van der Waals surface area contributed by atoms with Crippen molar-refractivity contribution < 1.29 is 9.26 Å². The van der Waals surface area contributed by atoms with E-state index in [1.165, 1.54) is 0 Å². The third kappa shape index (κ3) is 2.00. The molecule has 1 heterocycles. The summed E-state index contributed by atoms with van der Waals surface area (Å²) in [5.41, 5.74) is 0.212. The first-order chi connectivity index (χ1) is 8.89. The summed E-state index contributed by atoms with van der Waals surface area (Å²) in [5.74, 6) is 1.69. The fourth-order valence-corrected chi connectivity index (χ4v) is 3.52. The van der Waals surface area contributed by atoms with Crippen molar-refractivity contribution >= 4 is 0 Å². The van der Waals surface area contributed by atoms with Crippen LogP contribution in [-0.4, -0.2) is 22.9 Å². The van der Waals surface area contributed by atoms with Gasteiger partial charge in [0.15, 0.2) is 5.82 Å². The van der Waals surface area contributed by atoms with E-state index >= 15 is 0 Å². The molecule has 0 aromatic carbocycles. The van der Waals surface area contributed by atoms with E-state index in [0.717, 1.165) is 50.2 Å². The molecule has 3 aliphatic carbocycles. The van der Waals surface area contributed by atoms with Gasteiger partial charge in [-0.15, -0.1) is 0 Å². The van der Waals surface area contributed by atoms with Gasteiger partial charge in [0.2, 0.25) is 5.89 Å². The van der Waals surface area contributed by atoms with Gasteiger partial charge in [0, 0.05) is 17.9 Å². The van der Waals surface area contributed by atoms with E-state index in [-0.39, 0.29) is 16.4 Å². The molecule has 0 radical (unpaired) electrons. The highest BCUT2D eigenvalue weighted by Crippen LogP contribution is 2.54. The van der Waals surface area contributed by atoms with Gasteiger partial charge in [-0.3, -0.25) is 0 Å². The summed E-state index contributed by atoms with van der Waals surface area (Å²) in [6.07, 6.45) is 6.72. The van der Waals surface area contributed by atoms with Crippen molar-refractivity contribution in [2.75, 3.05) is 7.11 Å². The number of hydrogen-bond acceptors (Lipinski definition) is 4. The maximum atomic E-state index is 5.74. The Bertz CT molecular complexity index is 448. The third-order valence-electron chi connectivity index (χ3n) is 5.16. The molecular weight excluding hydrogens is 240 g/mol. The Morgan fingerprint density at radius 3 is 2.05 bits per heavy atom. The lowest BCUT2D eigenvalue weighted by Crippen LogP contribution is -2.49. The molecule has 3 aliphatic rings. The number of ether oxygens (including phenoxy) is 1. The van der Waals surface area contributed by atoms with Crippen LogP contribution in [0.25, 0.3) is 0 Å². The van der Waals surface area contributed by atoms with Gasteiger partial charge in [-0.2, -0.15) is 4.98 Å². The number of hydrogen-bond donors (Lipinski definition) is 0. The van der Waals surface area contributed by atoms with Crippen molar-refractivity contribution in [3.05, 3.63) is 11.7 Å². The standard InChI is InChI=1S/C15H24N2O2/c1-13(2,3)11-16-12(19-17-11)14-5-8-15(18-4,9-6-14)10-7-14/h5-10H2,1-4H3. The molecule has 0 amide bonds. The molecule has 4 nitrogen and oxygen atoms in total. The molecule has 0 saturated heterocycles. The highest BCUT2D eigenvalue weighted by molar-refractivity contribution is 5.15. The van der Waals surface area contributed by atoms with E-state index in [4.69, 9.17) is 14.2 Å². The summed E-state index contributed by atoms with van der Waals surface area (Å²) in [7, 11) is 1.85. The maximum absolute atomic E-state index is 5.74. The lowest BCUT2D eigenvalue weighted by atomic mass is 9.58. The van der Waals surface area contributed by atoms with Crippen molar-refractivity contribution in [2.24, 2.45) is 0 Å². The minimum atomic E-state index is -0.0436. The zero-order valence-corrected chi connectivity index (χ0v) is 12.5. The second-order valence-corrected chi connectivity index (χ2v) is 7.34. The van der Waals surface area contributed by atoms with Crippen LogP contribution in [0.4, 0.5) is 0 Å². The molecule has 4 heteroatoms. The first-order valence-electron chi connectivity index (χ1n) is 7.29. The van der Waals surface area contributed by atoms with Gasteiger partial charge < -0.3 is 9.26 Å². The zero-order chi connectivity index (χ0) is 13.7. The largest absolute Gasteiger partial charge is 0.378 e. The summed E-state index contributed by atoms with van der Waals surface area (Å²) in [5, 5.41) is 4.19. The first kappa shape index (κ1) is 13.1. The second kappa shape index (κ2) is 4.05. The lowest BCUT2D eigenvalue weighted by Gasteiger charge is -2.50.